The van der Waals surface area contributed by atoms with Crippen LogP contribution in [0.3, 0.4) is 0 Å². The highest BCUT2D eigenvalue weighted by molar-refractivity contribution is 7.99. The molecule has 23 heavy (non-hydrogen) atoms. The van der Waals surface area contributed by atoms with Crippen LogP contribution in [0.2, 0.25) is 0 Å². The summed E-state index contributed by atoms with van der Waals surface area (Å²) in [5.41, 5.74) is -0.0926. The third kappa shape index (κ3) is 3.55. The van der Waals surface area contributed by atoms with E-state index in [4.69, 9.17) is 9.47 Å². The highest BCUT2D eigenvalue weighted by Crippen LogP contribution is 2.31. The molecule has 2 rings (SSSR count). The minimum Gasteiger partial charge on any atom is -0.496 e. The van der Waals surface area contributed by atoms with Crippen LogP contribution in [0.4, 0.5) is 0 Å². The van der Waals surface area contributed by atoms with E-state index < -0.39 is 17.4 Å². The van der Waals surface area contributed by atoms with Crippen LogP contribution in [-0.4, -0.2) is 48.2 Å². The Hall–Kier alpha value is -1.89. The van der Waals surface area contributed by atoms with Crippen molar-refractivity contribution in [3.8, 4) is 11.5 Å². The molecular weight excluding hydrogens is 318 g/mol. The normalized spacial score (nSPS) is 16.5. The SMILES string of the molecule is COc1cc(C(=O)NC2(C(=O)O)CCSCC2)cc(OC)c1C. The van der Waals surface area contributed by atoms with Crippen molar-refractivity contribution in [3.05, 3.63) is 23.3 Å². The van der Waals surface area contributed by atoms with Gasteiger partial charge in [-0.1, -0.05) is 0 Å². The Morgan fingerprint density at radius 2 is 1.70 bits per heavy atom. The van der Waals surface area contributed by atoms with E-state index in [1.807, 2.05) is 6.92 Å². The first-order valence-corrected chi connectivity index (χ1v) is 8.45. The fraction of sp³-hybridized carbons (Fsp3) is 0.500. The second-order valence-electron chi connectivity index (χ2n) is 5.46. The number of carboxylic acid groups (broad SMARTS) is 1. The Morgan fingerprint density at radius 3 is 2.13 bits per heavy atom. The van der Waals surface area contributed by atoms with E-state index in [-0.39, 0.29) is 0 Å². The van der Waals surface area contributed by atoms with Crippen molar-refractivity contribution in [2.45, 2.75) is 25.3 Å². The van der Waals surface area contributed by atoms with E-state index in [9.17, 15) is 14.7 Å². The van der Waals surface area contributed by atoms with Crippen molar-refractivity contribution in [1.29, 1.82) is 0 Å². The molecule has 1 saturated heterocycles. The largest absolute Gasteiger partial charge is 0.496 e. The zero-order valence-electron chi connectivity index (χ0n) is 13.5. The fourth-order valence-electron chi connectivity index (χ4n) is 2.62. The number of methoxy groups -OCH3 is 2. The number of amides is 1. The van der Waals surface area contributed by atoms with Gasteiger partial charge in [0.1, 0.15) is 17.0 Å². The number of hydrogen-bond donors (Lipinski definition) is 2. The first-order chi connectivity index (χ1) is 10.9. The molecule has 0 saturated carbocycles. The van der Waals surface area contributed by atoms with Gasteiger partial charge >= 0.3 is 5.97 Å². The maximum Gasteiger partial charge on any atom is 0.329 e. The van der Waals surface area contributed by atoms with Crippen LogP contribution < -0.4 is 14.8 Å². The van der Waals surface area contributed by atoms with Crippen LogP contribution in [0.1, 0.15) is 28.8 Å². The van der Waals surface area contributed by atoms with E-state index in [1.54, 1.807) is 23.9 Å². The highest BCUT2D eigenvalue weighted by atomic mass is 32.2. The number of hydrogen-bond acceptors (Lipinski definition) is 5. The summed E-state index contributed by atoms with van der Waals surface area (Å²) in [6, 6.07) is 3.20. The molecule has 7 heteroatoms. The van der Waals surface area contributed by atoms with Crippen molar-refractivity contribution in [1.82, 2.24) is 5.32 Å². The van der Waals surface area contributed by atoms with Gasteiger partial charge in [-0.2, -0.15) is 11.8 Å². The minimum atomic E-state index is -1.20. The Kier molecular flexibility index (Phi) is 5.41. The molecule has 1 fully saturated rings. The monoisotopic (exact) mass is 339 g/mol. The zero-order chi connectivity index (χ0) is 17.0. The zero-order valence-corrected chi connectivity index (χ0v) is 14.3. The quantitative estimate of drug-likeness (QED) is 0.854. The summed E-state index contributed by atoms with van der Waals surface area (Å²) in [4.78, 5) is 24.2. The van der Waals surface area contributed by atoms with Gasteiger partial charge in [-0.15, -0.1) is 0 Å². The molecule has 2 N–H and O–H groups in total. The fourth-order valence-corrected chi connectivity index (χ4v) is 3.81. The van der Waals surface area contributed by atoms with Gasteiger partial charge in [0.2, 0.25) is 0 Å². The van der Waals surface area contributed by atoms with Crippen molar-refractivity contribution in [2.75, 3.05) is 25.7 Å². The summed E-state index contributed by atoms with van der Waals surface area (Å²) in [5.74, 6) is 1.06. The summed E-state index contributed by atoms with van der Waals surface area (Å²) in [6.07, 6.45) is 0.831. The lowest BCUT2D eigenvalue weighted by Gasteiger charge is -2.33. The maximum atomic E-state index is 12.6. The van der Waals surface area contributed by atoms with Crippen molar-refractivity contribution in [3.63, 3.8) is 0 Å². The smallest absolute Gasteiger partial charge is 0.329 e. The van der Waals surface area contributed by atoms with E-state index in [0.717, 1.165) is 5.56 Å². The van der Waals surface area contributed by atoms with Crippen LogP contribution in [0.25, 0.3) is 0 Å². The Morgan fingerprint density at radius 1 is 1.17 bits per heavy atom. The number of carboxylic acids is 1. The molecule has 0 bridgehead atoms. The van der Waals surface area contributed by atoms with Gasteiger partial charge in [0, 0.05) is 11.1 Å². The molecule has 0 radical (unpaired) electrons. The number of carbonyl (C=O) groups is 2. The van der Waals surface area contributed by atoms with E-state index in [1.165, 1.54) is 14.2 Å². The lowest BCUT2D eigenvalue weighted by molar-refractivity contribution is -0.144. The van der Waals surface area contributed by atoms with Gasteiger partial charge in [0.25, 0.3) is 5.91 Å². The van der Waals surface area contributed by atoms with Crippen LogP contribution in [0, 0.1) is 6.92 Å². The van der Waals surface area contributed by atoms with Gasteiger partial charge in [-0.05, 0) is 43.4 Å². The number of nitrogens with one attached hydrogen (secondary N) is 1. The molecule has 0 atom stereocenters. The topological polar surface area (TPSA) is 84.9 Å². The lowest BCUT2D eigenvalue weighted by Crippen LogP contribution is -2.56. The summed E-state index contributed by atoms with van der Waals surface area (Å²) in [7, 11) is 3.03. The van der Waals surface area contributed by atoms with Crippen molar-refractivity contribution < 1.29 is 24.2 Å². The van der Waals surface area contributed by atoms with Crippen LogP contribution >= 0.6 is 11.8 Å². The third-order valence-corrected chi connectivity index (χ3v) is 5.11. The molecule has 126 valence electrons. The summed E-state index contributed by atoms with van der Waals surface area (Å²) < 4.78 is 10.5. The highest BCUT2D eigenvalue weighted by Gasteiger charge is 2.41. The molecule has 1 heterocycles. The molecule has 0 aromatic heterocycles. The number of carbonyl (C=O) groups excluding carboxylic acids is 1. The molecule has 1 aliphatic heterocycles. The molecule has 0 unspecified atom stereocenters. The molecule has 6 nitrogen and oxygen atoms in total. The van der Waals surface area contributed by atoms with Gasteiger partial charge in [0.15, 0.2) is 0 Å². The predicted molar refractivity (Wildman–Crippen MR) is 88.7 cm³/mol. The average Bonchev–Trinajstić information content (AvgIpc) is 2.55. The summed E-state index contributed by atoms with van der Waals surface area (Å²) in [6.45, 7) is 1.83. The predicted octanol–water partition coefficient (Wildman–Crippen LogP) is 2.09. The van der Waals surface area contributed by atoms with Crippen molar-refractivity contribution >= 4 is 23.6 Å². The van der Waals surface area contributed by atoms with E-state index in [2.05, 4.69) is 5.32 Å². The standard InChI is InChI=1S/C16H21NO5S/c1-10-12(21-2)8-11(9-13(10)22-3)14(18)17-16(15(19)20)4-6-23-7-5-16/h8-9H,4-7H2,1-3H3,(H,17,18)(H,19,20). The first-order valence-electron chi connectivity index (χ1n) is 7.30. The average molecular weight is 339 g/mol. The van der Waals surface area contributed by atoms with Gasteiger partial charge in [-0.3, -0.25) is 4.79 Å². The van der Waals surface area contributed by atoms with Gasteiger partial charge in [-0.25, -0.2) is 4.79 Å². The Bertz CT molecular complexity index is 585. The van der Waals surface area contributed by atoms with E-state index in [0.29, 0.717) is 41.4 Å². The number of ether oxygens (including phenoxy) is 2. The maximum absolute atomic E-state index is 12.6. The molecule has 1 aromatic carbocycles. The Balaban J connectivity index is 2.31. The van der Waals surface area contributed by atoms with E-state index >= 15 is 0 Å². The first kappa shape index (κ1) is 17.5. The second kappa shape index (κ2) is 7.12. The summed E-state index contributed by atoms with van der Waals surface area (Å²) >= 11 is 1.70. The number of rotatable bonds is 5. The number of aliphatic carboxylic acids is 1. The van der Waals surface area contributed by atoms with Gasteiger partial charge in [0.05, 0.1) is 14.2 Å². The lowest BCUT2D eigenvalue weighted by atomic mass is 9.91. The molecule has 1 amide bonds. The van der Waals surface area contributed by atoms with Gasteiger partial charge < -0.3 is 19.9 Å². The number of benzene rings is 1. The van der Waals surface area contributed by atoms with Crippen LogP contribution in [-0.2, 0) is 4.79 Å². The van der Waals surface area contributed by atoms with Crippen LogP contribution in [0.5, 0.6) is 11.5 Å². The molecule has 0 aliphatic carbocycles. The minimum absolute atomic E-state index is 0.322. The number of thioether (sulfide) groups is 1. The molecule has 1 aliphatic rings. The molecule has 1 aromatic rings. The summed E-state index contributed by atoms with van der Waals surface area (Å²) in [5, 5.41) is 12.3. The molecular formula is C16H21NO5S. The third-order valence-electron chi connectivity index (χ3n) is 4.12. The molecule has 0 spiro atoms. The van der Waals surface area contributed by atoms with Crippen molar-refractivity contribution in [2.24, 2.45) is 0 Å². The Labute approximate surface area is 139 Å². The van der Waals surface area contributed by atoms with Crippen LogP contribution in [0.15, 0.2) is 12.1 Å². The second-order valence-corrected chi connectivity index (χ2v) is 6.68.